The van der Waals surface area contributed by atoms with Gasteiger partial charge < -0.3 is 5.11 Å². The normalized spacial score (nSPS) is 12.9. The number of nitrogens with zero attached hydrogens (tertiary/aromatic N) is 1. The summed E-state index contributed by atoms with van der Waals surface area (Å²) in [6.45, 7) is 3.82. The Balaban J connectivity index is 2.92. The Morgan fingerprint density at radius 1 is 1.67 bits per heavy atom. The van der Waals surface area contributed by atoms with Crippen LogP contribution in [0.2, 0.25) is 0 Å². The molecule has 0 aliphatic carbocycles. The Hall–Kier alpha value is -0.540. The molecule has 12 heavy (non-hydrogen) atoms. The van der Waals surface area contributed by atoms with E-state index in [-0.39, 0.29) is 0 Å². The van der Waals surface area contributed by atoms with E-state index in [0.717, 1.165) is 16.3 Å². The van der Waals surface area contributed by atoms with E-state index in [1.807, 2.05) is 12.1 Å². The first-order valence-corrected chi connectivity index (χ1v) is 5.00. The van der Waals surface area contributed by atoms with Crippen molar-refractivity contribution in [2.75, 3.05) is 5.75 Å². The molecule has 0 fully saturated rings. The van der Waals surface area contributed by atoms with E-state index < -0.39 is 6.10 Å². The minimum absolute atomic E-state index is 0.472. The van der Waals surface area contributed by atoms with Crippen LogP contribution in [0, 0.1) is 0 Å². The van der Waals surface area contributed by atoms with Gasteiger partial charge in [-0.2, -0.15) is 0 Å². The van der Waals surface area contributed by atoms with Crippen LogP contribution in [-0.2, 0) is 0 Å². The van der Waals surface area contributed by atoms with Crippen LogP contribution in [0.4, 0.5) is 0 Å². The number of aliphatic hydroxyl groups excluding tert-OH is 1. The highest BCUT2D eigenvalue weighted by atomic mass is 32.2. The zero-order chi connectivity index (χ0) is 8.97. The molecular formula is C9H13NOS. The lowest BCUT2D eigenvalue weighted by Gasteiger charge is -2.08. The molecule has 0 aliphatic heterocycles. The molecule has 0 aliphatic rings. The van der Waals surface area contributed by atoms with Gasteiger partial charge in [-0.15, -0.1) is 11.8 Å². The molecule has 1 aromatic rings. The van der Waals surface area contributed by atoms with Gasteiger partial charge in [-0.05, 0) is 24.8 Å². The molecule has 1 N–H and O–H groups in total. The van der Waals surface area contributed by atoms with Crippen LogP contribution in [0.15, 0.2) is 23.2 Å². The van der Waals surface area contributed by atoms with Gasteiger partial charge >= 0.3 is 0 Å². The van der Waals surface area contributed by atoms with Crippen molar-refractivity contribution in [2.24, 2.45) is 0 Å². The van der Waals surface area contributed by atoms with Gasteiger partial charge in [-0.1, -0.05) is 6.92 Å². The van der Waals surface area contributed by atoms with Crippen molar-refractivity contribution in [2.45, 2.75) is 24.8 Å². The van der Waals surface area contributed by atoms with Gasteiger partial charge in [0.05, 0.1) is 11.8 Å². The molecule has 0 amide bonds. The lowest BCUT2D eigenvalue weighted by molar-refractivity contribution is 0.191. The summed E-state index contributed by atoms with van der Waals surface area (Å²) >= 11 is 1.71. The van der Waals surface area contributed by atoms with Crippen molar-refractivity contribution in [3.05, 3.63) is 24.0 Å². The maximum atomic E-state index is 9.36. The minimum Gasteiger partial charge on any atom is -0.387 e. The SMILES string of the molecule is CCSc1cccnc1[C@@H](C)O. The van der Waals surface area contributed by atoms with Gasteiger partial charge in [-0.3, -0.25) is 4.98 Å². The number of rotatable bonds is 3. The molecule has 1 aromatic heterocycles. The second-order valence-electron chi connectivity index (χ2n) is 2.50. The van der Waals surface area contributed by atoms with Crippen LogP contribution >= 0.6 is 11.8 Å². The largest absolute Gasteiger partial charge is 0.387 e. The summed E-state index contributed by atoms with van der Waals surface area (Å²) in [4.78, 5) is 5.20. The molecule has 0 aromatic carbocycles. The second-order valence-corrected chi connectivity index (χ2v) is 3.80. The monoisotopic (exact) mass is 183 g/mol. The third kappa shape index (κ3) is 2.22. The fourth-order valence-corrected chi connectivity index (χ4v) is 1.85. The Labute approximate surface area is 77.0 Å². The lowest BCUT2D eigenvalue weighted by Crippen LogP contribution is -1.97. The average molecular weight is 183 g/mol. The van der Waals surface area contributed by atoms with Crippen molar-refractivity contribution >= 4 is 11.8 Å². The molecule has 0 radical (unpaired) electrons. The molecule has 0 unspecified atom stereocenters. The summed E-state index contributed by atoms with van der Waals surface area (Å²) in [6.07, 6.45) is 1.24. The van der Waals surface area contributed by atoms with Crippen molar-refractivity contribution in [3.8, 4) is 0 Å². The van der Waals surface area contributed by atoms with Crippen LogP contribution in [0.25, 0.3) is 0 Å². The van der Waals surface area contributed by atoms with Crippen molar-refractivity contribution in [3.63, 3.8) is 0 Å². The Morgan fingerprint density at radius 3 is 3.00 bits per heavy atom. The van der Waals surface area contributed by atoms with E-state index in [4.69, 9.17) is 0 Å². The van der Waals surface area contributed by atoms with Crippen LogP contribution in [-0.4, -0.2) is 15.8 Å². The molecule has 0 spiro atoms. The molecule has 1 heterocycles. The highest BCUT2D eigenvalue weighted by Gasteiger charge is 2.07. The Bertz CT molecular complexity index is 250. The second kappa shape index (κ2) is 4.48. The van der Waals surface area contributed by atoms with Crippen LogP contribution in [0.5, 0.6) is 0 Å². The lowest BCUT2D eigenvalue weighted by atomic mass is 10.2. The van der Waals surface area contributed by atoms with Crippen LogP contribution < -0.4 is 0 Å². The molecule has 1 atom stereocenters. The van der Waals surface area contributed by atoms with Gasteiger partial charge in [0, 0.05) is 11.1 Å². The van der Waals surface area contributed by atoms with E-state index in [1.165, 1.54) is 0 Å². The number of hydrogen-bond donors (Lipinski definition) is 1. The summed E-state index contributed by atoms with van der Waals surface area (Å²) in [5, 5.41) is 9.36. The van der Waals surface area contributed by atoms with Gasteiger partial charge in [0.1, 0.15) is 0 Å². The molecular weight excluding hydrogens is 170 g/mol. The predicted molar refractivity (Wildman–Crippen MR) is 51.3 cm³/mol. The van der Waals surface area contributed by atoms with Gasteiger partial charge in [-0.25, -0.2) is 0 Å². The van der Waals surface area contributed by atoms with E-state index in [0.29, 0.717) is 0 Å². The van der Waals surface area contributed by atoms with E-state index >= 15 is 0 Å². The summed E-state index contributed by atoms with van der Waals surface area (Å²) in [6, 6.07) is 3.88. The average Bonchev–Trinajstić information content (AvgIpc) is 2.05. The maximum absolute atomic E-state index is 9.36. The zero-order valence-electron chi connectivity index (χ0n) is 7.32. The van der Waals surface area contributed by atoms with Gasteiger partial charge in [0.2, 0.25) is 0 Å². The highest BCUT2D eigenvalue weighted by molar-refractivity contribution is 7.99. The van der Waals surface area contributed by atoms with Gasteiger partial charge in [0.15, 0.2) is 0 Å². The summed E-state index contributed by atoms with van der Waals surface area (Å²) in [7, 11) is 0. The third-order valence-electron chi connectivity index (χ3n) is 1.50. The molecule has 3 heteroatoms. The molecule has 66 valence electrons. The minimum atomic E-state index is -0.472. The number of aromatic nitrogens is 1. The highest BCUT2D eigenvalue weighted by Crippen LogP contribution is 2.24. The number of hydrogen-bond acceptors (Lipinski definition) is 3. The van der Waals surface area contributed by atoms with E-state index in [2.05, 4.69) is 11.9 Å². The third-order valence-corrected chi connectivity index (χ3v) is 2.44. The molecule has 0 bridgehead atoms. The Morgan fingerprint density at radius 2 is 2.42 bits per heavy atom. The smallest absolute Gasteiger partial charge is 0.0943 e. The molecule has 0 saturated carbocycles. The number of pyridine rings is 1. The molecule has 1 rings (SSSR count). The fraction of sp³-hybridized carbons (Fsp3) is 0.444. The standard InChI is InChI=1S/C9H13NOS/c1-3-12-8-5-4-6-10-9(8)7(2)11/h4-7,11H,3H2,1-2H3/t7-/m1/s1. The van der Waals surface area contributed by atoms with Crippen LogP contribution in [0.1, 0.15) is 25.6 Å². The number of thioether (sulfide) groups is 1. The first-order valence-electron chi connectivity index (χ1n) is 4.01. The molecule has 2 nitrogen and oxygen atoms in total. The fourth-order valence-electron chi connectivity index (χ4n) is 0.994. The molecule has 0 saturated heterocycles. The predicted octanol–water partition coefficient (Wildman–Crippen LogP) is 2.25. The maximum Gasteiger partial charge on any atom is 0.0943 e. The van der Waals surface area contributed by atoms with Crippen molar-refractivity contribution < 1.29 is 5.11 Å². The topological polar surface area (TPSA) is 33.1 Å². The van der Waals surface area contributed by atoms with Crippen LogP contribution in [0.3, 0.4) is 0 Å². The summed E-state index contributed by atoms with van der Waals surface area (Å²) in [5.41, 5.74) is 0.782. The van der Waals surface area contributed by atoms with Crippen molar-refractivity contribution in [1.29, 1.82) is 0 Å². The summed E-state index contributed by atoms with van der Waals surface area (Å²) in [5.74, 6) is 1.01. The van der Waals surface area contributed by atoms with E-state index in [1.54, 1.807) is 24.9 Å². The Kier molecular flexibility index (Phi) is 3.56. The zero-order valence-corrected chi connectivity index (χ0v) is 8.14. The van der Waals surface area contributed by atoms with Gasteiger partial charge in [0.25, 0.3) is 0 Å². The first kappa shape index (κ1) is 9.55. The quantitative estimate of drug-likeness (QED) is 0.730. The number of aliphatic hydroxyl groups is 1. The first-order chi connectivity index (χ1) is 5.75. The summed E-state index contributed by atoms with van der Waals surface area (Å²) < 4.78 is 0. The van der Waals surface area contributed by atoms with E-state index in [9.17, 15) is 5.11 Å². The van der Waals surface area contributed by atoms with Crippen molar-refractivity contribution in [1.82, 2.24) is 4.98 Å².